The molecule has 0 saturated carbocycles. The molecule has 21 heavy (non-hydrogen) atoms. The van der Waals surface area contributed by atoms with Gasteiger partial charge in [-0.25, -0.2) is 0 Å². The van der Waals surface area contributed by atoms with Crippen LogP contribution in [0.2, 0.25) is 0 Å². The lowest BCUT2D eigenvalue weighted by Gasteiger charge is -2.27. The summed E-state index contributed by atoms with van der Waals surface area (Å²) < 4.78 is 22.2. The lowest BCUT2D eigenvalue weighted by molar-refractivity contribution is 0.322. The van der Waals surface area contributed by atoms with Gasteiger partial charge in [-0.15, -0.1) is 0 Å². The summed E-state index contributed by atoms with van der Waals surface area (Å²) in [6.45, 7) is 0. The van der Waals surface area contributed by atoms with Gasteiger partial charge in [-0.3, -0.25) is 4.21 Å². The summed E-state index contributed by atoms with van der Waals surface area (Å²) in [6, 6.07) is 10.8. The number of hydrogen-bond acceptors (Lipinski definition) is 4. The van der Waals surface area contributed by atoms with Crippen LogP contribution < -0.4 is 0 Å². The number of hydrogen-bond donors (Lipinski definition) is 0. The molecule has 0 N–H and O–H groups in total. The highest BCUT2D eigenvalue weighted by Gasteiger charge is 2.17. The fourth-order valence-electron chi connectivity index (χ4n) is 2.39. The van der Waals surface area contributed by atoms with E-state index in [1.54, 1.807) is 12.1 Å². The van der Waals surface area contributed by atoms with E-state index in [2.05, 4.69) is 10.0 Å². The Labute approximate surface area is 125 Å². The van der Waals surface area contributed by atoms with E-state index >= 15 is 0 Å². The van der Waals surface area contributed by atoms with Gasteiger partial charge < -0.3 is 9.45 Å². The molecule has 0 aliphatic carbocycles. The van der Waals surface area contributed by atoms with Gasteiger partial charge in [-0.05, 0) is 36.0 Å². The molecule has 110 valence electrons. The van der Waals surface area contributed by atoms with E-state index in [-0.39, 0.29) is 11.8 Å². The number of benzene rings is 2. The Morgan fingerprint density at radius 3 is 2.57 bits per heavy atom. The maximum Gasteiger partial charge on any atom is 0.0453 e. The number of fused-ring (bicyclic) bond motifs is 1. The molecule has 0 fully saturated rings. The summed E-state index contributed by atoms with van der Waals surface area (Å²) in [5, 5.41) is 5.40. The molecule has 0 radical (unpaired) electrons. The van der Waals surface area contributed by atoms with Crippen molar-refractivity contribution in [1.29, 1.82) is 0 Å². The average molecular weight is 303 g/mol. The molecular weight excluding hydrogens is 288 g/mol. The largest absolute Gasteiger partial charge is 0.772 e. The molecule has 0 spiro atoms. The first-order valence-corrected chi connectivity index (χ1v) is 7.58. The molecule has 0 amide bonds. The van der Waals surface area contributed by atoms with Gasteiger partial charge in [0.1, 0.15) is 0 Å². The molecule has 2 aromatic rings. The molecule has 0 aliphatic heterocycles. The Bertz CT molecular complexity index is 726. The fraction of sp³-hybridized carbons (Fsp3) is 0.286. The zero-order chi connectivity index (χ0) is 15.4. The van der Waals surface area contributed by atoms with Gasteiger partial charge in [0, 0.05) is 22.4 Å². The van der Waals surface area contributed by atoms with Gasteiger partial charge in [0.2, 0.25) is 0 Å². The molecule has 2 rings (SSSR count). The van der Waals surface area contributed by atoms with Crippen molar-refractivity contribution in [2.24, 2.45) is 5.11 Å². The molecule has 2 atom stereocenters. The normalized spacial score (nSPS) is 13.9. The monoisotopic (exact) mass is 303 g/mol. The van der Waals surface area contributed by atoms with Crippen LogP contribution in [-0.4, -0.2) is 33.5 Å². The van der Waals surface area contributed by atoms with Crippen LogP contribution >= 0.6 is 0 Å². The van der Waals surface area contributed by atoms with E-state index in [1.165, 1.54) is 0 Å². The molecule has 6 nitrogen and oxygen atoms in total. The minimum atomic E-state index is -2.14. The van der Waals surface area contributed by atoms with Gasteiger partial charge >= 0.3 is 0 Å². The van der Waals surface area contributed by atoms with Gasteiger partial charge in [-0.1, -0.05) is 52.6 Å². The Morgan fingerprint density at radius 2 is 1.95 bits per heavy atom. The molecule has 0 heterocycles. The van der Waals surface area contributed by atoms with E-state index in [0.29, 0.717) is 5.69 Å². The number of nitrogens with zero attached hydrogens (tertiary/aromatic N) is 4. The van der Waals surface area contributed by atoms with Crippen molar-refractivity contribution in [2.75, 3.05) is 19.8 Å². The van der Waals surface area contributed by atoms with Crippen LogP contribution in [0.5, 0.6) is 0 Å². The highest BCUT2D eigenvalue weighted by atomic mass is 32.2. The second-order valence-electron chi connectivity index (χ2n) is 4.86. The lowest BCUT2D eigenvalue weighted by atomic mass is 9.98. The molecular formula is C14H15N4O2S-. The third-order valence-electron chi connectivity index (χ3n) is 3.36. The van der Waals surface area contributed by atoms with E-state index in [4.69, 9.17) is 5.53 Å². The van der Waals surface area contributed by atoms with Crippen LogP contribution in [0.1, 0.15) is 11.6 Å². The summed E-state index contributed by atoms with van der Waals surface area (Å²) in [7, 11) is 3.68. The summed E-state index contributed by atoms with van der Waals surface area (Å²) in [6.07, 6.45) is 0. The van der Waals surface area contributed by atoms with Crippen LogP contribution in [0.15, 0.2) is 41.5 Å². The van der Waals surface area contributed by atoms with Gasteiger partial charge in [0.25, 0.3) is 0 Å². The fourth-order valence-corrected chi connectivity index (χ4v) is 3.13. The standard InChI is InChI=1S/C14H16N4O2S/c1-18(2)14(9-21(19)20)12-7-3-6-11-10(12)5-4-8-13(11)16-17-15/h3-8,14H,9H2,1-2H3,(H,19,20)/p-1. The molecule has 2 unspecified atom stereocenters. The van der Waals surface area contributed by atoms with Crippen LogP contribution in [0.3, 0.4) is 0 Å². The van der Waals surface area contributed by atoms with Gasteiger partial charge in [-0.2, -0.15) is 0 Å². The first kappa shape index (κ1) is 15.5. The summed E-state index contributed by atoms with van der Waals surface area (Å²) in [5.74, 6) is 0.0118. The average Bonchev–Trinajstić information content (AvgIpc) is 2.44. The molecule has 0 saturated heterocycles. The maximum atomic E-state index is 11.1. The highest BCUT2D eigenvalue weighted by molar-refractivity contribution is 7.79. The minimum absolute atomic E-state index is 0.0118. The first-order valence-electron chi connectivity index (χ1n) is 6.33. The number of azide groups is 1. The van der Waals surface area contributed by atoms with Crippen molar-refractivity contribution in [3.63, 3.8) is 0 Å². The molecule has 2 aromatic carbocycles. The lowest BCUT2D eigenvalue weighted by Crippen LogP contribution is -2.25. The molecule has 0 aromatic heterocycles. The van der Waals surface area contributed by atoms with Gasteiger partial charge in [0.15, 0.2) is 0 Å². The van der Waals surface area contributed by atoms with E-state index in [1.807, 2.05) is 43.3 Å². The molecule has 0 bridgehead atoms. The van der Waals surface area contributed by atoms with Gasteiger partial charge in [0.05, 0.1) is 0 Å². The topological polar surface area (TPSA) is 92.1 Å². The van der Waals surface area contributed by atoms with E-state index in [9.17, 15) is 8.76 Å². The zero-order valence-electron chi connectivity index (χ0n) is 11.8. The number of rotatable bonds is 5. The third kappa shape index (κ3) is 3.40. The highest BCUT2D eigenvalue weighted by Crippen LogP contribution is 2.32. The summed E-state index contributed by atoms with van der Waals surface area (Å²) in [4.78, 5) is 4.70. The van der Waals surface area contributed by atoms with Crippen LogP contribution in [0.25, 0.3) is 21.2 Å². The second-order valence-corrected chi connectivity index (χ2v) is 5.80. The Balaban J connectivity index is 2.65. The van der Waals surface area contributed by atoms with E-state index < -0.39 is 11.1 Å². The van der Waals surface area contributed by atoms with Crippen molar-refractivity contribution in [1.82, 2.24) is 4.90 Å². The quantitative estimate of drug-likeness (QED) is 0.367. The van der Waals surface area contributed by atoms with E-state index in [0.717, 1.165) is 16.3 Å². The van der Waals surface area contributed by atoms with Crippen molar-refractivity contribution in [3.05, 3.63) is 52.4 Å². The predicted molar refractivity (Wildman–Crippen MR) is 83.0 cm³/mol. The van der Waals surface area contributed by atoms with Crippen molar-refractivity contribution in [3.8, 4) is 0 Å². The summed E-state index contributed by atoms with van der Waals surface area (Å²) >= 11 is -2.14. The Kier molecular flexibility index (Phi) is 4.93. The van der Waals surface area contributed by atoms with Crippen LogP contribution in [0.4, 0.5) is 5.69 Å². The molecule has 7 heteroatoms. The van der Waals surface area contributed by atoms with Crippen molar-refractivity contribution in [2.45, 2.75) is 6.04 Å². The van der Waals surface area contributed by atoms with Crippen LogP contribution in [0, 0.1) is 0 Å². The van der Waals surface area contributed by atoms with Crippen molar-refractivity contribution < 1.29 is 8.76 Å². The SMILES string of the molecule is CN(C)C(CS(=O)[O-])c1cccc2c(N=[N+]=[N-])cccc12. The van der Waals surface area contributed by atoms with Crippen molar-refractivity contribution >= 4 is 27.5 Å². The van der Waals surface area contributed by atoms with Crippen LogP contribution in [-0.2, 0) is 11.1 Å². The third-order valence-corrected chi connectivity index (χ3v) is 3.95. The zero-order valence-corrected chi connectivity index (χ0v) is 12.6. The summed E-state index contributed by atoms with van der Waals surface area (Å²) in [5.41, 5.74) is 10.1. The predicted octanol–water partition coefficient (Wildman–Crippen LogP) is 3.26. The smallest absolute Gasteiger partial charge is 0.0453 e. The minimum Gasteiger partial charge on any atom is -0.772 e. The Hall–Kier alpha value is -1.92. The first-order chi connectivity index (χ1) is 10.0. The Morgan fingerprint density at radius 1 is 1.29 bits per heavy atom. The second kappa shape index (κ2) is 6.69. The molecule has 0 aliphatic rings. The maximum absolute atomic E-state index is 11.1.